The van der Waals surface area contributed by atoms with Gasteiger partial charge in [-0.25, -0.2) is 0 Å². The molecule has 1 heterocycles. The van der Waals surface area contributed by atoms with Gasteiger partial charge in [0.05, 0.1) is 17.5 Å². The third-order valence-corrected chi connectivity index (χ3v) is 12.5. The van der Waals surface area contributed by atoms with Crippen molar-refractivity contribution in [1.82, 2.24) is 0 Å². The molecule has 0 aromatic rings. The van der Waals surface area contributed by atoms with Crippen LogP contribution in [0.15, 0.2) is 4.99 Å². The van der Waals surface area contributed by atoms with Crippen LogP contribution in [-0.2, 0) is 4.79 Å². The Balaban J connectivity index is 1.39. The van der Waals surface area contributed by atoms with Gasteiger partial charge < -0.3 is 15.9 Å². The lowest BCUT2D eigenvalue weighted by atomic mass is 9.41. The monoisotopic (exact) mass is 476 g/mol. The maximum Gasteiger partial charge on any atom is 0.261 e. The smallest absolute Gasteiger partial charge is 0.261 e. The van der Waals surface area contributed by atoms with E-state index >= 15 is 0 Å². The van der Waals surface area contributed by atoms with E-state index in [1.807, 2.05) is 0 Å². The number of fused-ring (bicyclic) bond motifs is 5. The second kappa shape index (κ2) is 8.51. The first-order valence-electron chi connectivity index (χ1n) is 13.5. The number of hydrogen-bond acceptors (Lipinski definition) is 5. The number of amidine groups is 1. The zero-order valence-corrected chi connectivity index (χ0v) is 21.7. The zero-order chi connectivity index (χ0) is 23.7. The van der Waals surface area contributed by atoms with Gasteiger partial charge in [0.2, 0.25) is 0 Å². The van der Waals surface area contributed by atoms with E-state index in [-0.39, 0.29) is 34.2 Å². The molecule has 0 aromatic carbocycles. The van der Waals surface area contributed by atoms with Crippen LogP contribution in [0.4, 0.5) is 0 Å². The predicted octanol–water partition coefficient (Wildman–Crippen LogP) is 4.60. The van der Waals surface area contributed by atoms with Gasteiger partial charge >= 0.3 is 0 Å². The fraction of sp³-hybridized carbons (Fsp3) is 0.926. The fourth-order valence-corrected chi connectivity index (χ4v) is 11.0. The normalized spacial score (nSPS) is 52.6. The van der Waals surface area contributed by atoms with Crippen LogP contribution in [0.2, 0.25) is 0 Å². The number of nitrogens with two attached hydrogens (primary N) is 1. The highest BCUT2D eigenvalue weighted by Crippen LogP contribution is 2.69. The quantitative estimate of drug-likeness (QED) is 0.551. The Hall–Kier alpha value is -0.590. The molecule has 5 rings (SSSR count). The van der Waals surface area contributed by atoms with Crippen LogP contribution in [0.25, 0.3) is 0 Å². The van der Waals surface area contributed by atoms with Gasteiger partial charge in [0.25, 0.3) is 5.91 Å². The second-order valence-corrected chi connectivity index (χ2v) is 14.0. The van der Waals surface area contributed by atoms with Crippen molar-refractivity contribution in [3.05, 3.63) is 0 Å². The summed E-state index contributed by atoms with van der Waals surface area (Å²) >= 11 is 1.44. The molecule has 4 aliphatic carbocycles. The molecule has 1 amide bonds. The van der Waals surface area contributed by atoms with Gasteiger partial charge in [-0.05, 0) is 104 Å². The maximum absolute atomic E-state index is 12.3. The van der Waals surface area contributed by atoms with Crippen molar-refractivity contribution >= 4 is 22.8 Å². The van der Waals surface area contributed by atoms with Crippen molar-refractivity contribution in [3.63, 3.8) is 0 Å². The molecule has 0 aromatic heterocycles. The van der Waals surface area contributed by atoms with Gasteiger partial charge in [-0.1, -0.05) is 45.9 Å². The molecule has 0 spiro atoms. The molecule has 5 unspecified atom stereocenters. The fourth-order valence-electron chi connectivity index (χ4n) is 9.99. The SMILES string of the molecule is CC[C@H]1C(O)C2C3CCC([C@H](C)C[C@H]4SC(N)=NC4=O)[C@@]3(C)CCC2[C@@]2(C)CC[C@@H](O)C[C@@H]12. The van der Waals surface area contributed by atoms with Gasteiger partial charge in [-0.3, -0.25) is 4.79 Å². The number of nitrogens with zero attached hydrogens (tertiary/aromatic N) is 1. The van der Waals surface area contributed by atoms with Crippen LogP contribution in [0.5, 0.6) is 0 Å². The Labute approximate surface area is 203 Å². The Bertz CT molecular complexity index is 819. The summed E-state index contributed by atoms with van der Waals surface area (Å²) < 4.78 is 0. The third-order valence-electron chi connectivity index (χ3n) is 11.5. The molecule has 4 saturated carbocycles. The van der Waals surface area contributed by atoms with Crippen LogP contribution < -0.4 is 5.73 Å². The van der Waals surface area contributed by atoms with Crippen LogP contribution in [0.3, 0.4) is 0 Å². The van der Waals surface area contributed by atoms with E-state index in [0.717, 1.165) is 32.1 Å². The molecule has 4 fully saturated rings. The number of thioether (sulfide) groups is 1. The van der Waals surface area contributed by atoms with Crippen molar-refractivity contribution in [2.24, 2.45) is 63.0 Å². The molecule has 12 atom stereocenters. The molecular weight excluding hydrogens is 432 g/mol. The van der Waals surface area contributed by atoms with E-state index in [2.05, 4.69) is 32.7 Å². The molecule has 1 aliphatic heterocycles. The van der Waals surface area contributed by atoms with E-state index in [0.29, 0.717) is 46.6 Å². The number of aliphatic imine (C=N–C) groups is 1. The lowest BCUT2D eigenvalue weighted by Crippen LogP contribution is -2.62. The standard InChI is InChI=1S/C27H44N2O3S/c1-5-16-20-13-15(30)8-10-27(20,4)19-9-11-26(3)17(6-7-18(26)22(19)23(16)31)14(2)12-21-24(32)29-25(28)33-21/h14-23,30-31H,5-13H2,1-4H3,(H2,28,29,32)/t14-,15-,16-,17?,18?,19?,20+,21-,22?,23?,26-,27-/m1/s1. The van der Waals surface area contributed by atoms with E-state index < -0.39 is 0 Å². The second-order valence-electron chi connectivity index (χ2n) is 12.7. The van der Waals surface area contributed by atoms with Crippen LogP contribution in [0.1, 0.15) is 85.5 Å². The zero-order valence-electron chi connectivity index (χ0n) is 20.9. The summed E-state index contributed by atoms with van der Waals surface area (Å²) in [5.74, 6) is 3.24. The Morgan fingerprint density at radius 2 is 1.79 bits per heavy atom. The van der Waals surface area contributed by atoms with Crippen molar-refractivity contribution < 1.29 is 15.0 Å². The van der Waals surface area contributed by atoms with E-state index in [1.54, 1.807) is 0 Å². The number of aliphatic hydroxyl groups is 2. The van der Waals surface area contributed by atoms with Gasteiger partial charge in [-0.2, -0.15) is 4.99 Å². The number of carbonyl (C=O) groups is 1. The van der Waals surface area contributed by atoms with Crippen molar-refractivity contribution in [3.8, 4) is 0 Å². The average molecular weight is 477 g/mol. The van der Waals surface area contributed by atoms with Crippen molar-refractivity contribution in [2.45, 2.75) is 103 Å². The summed E-state index contributed by atoms with van der Waals surface area (Å²) in [7, 11) is 0. The molecule has 33 heavy (non-hydrogen) atoms. The third kappa shape index (κ3) is 3.64. The first-order valence-corrected chi connectivity index (χ1v) is 14.4. The summed E-state index contributed by atoms with van der Waals surface area (Å²) in [5, 5.41) is 22.6. The van der Waals surface area contributed by atoms with Gasteiger partial charge in [0, 0.05) is 0 Å². The molecule has 5 aliphatic rings. The Morgan fingerprint density at radius 1 is 1.09 bits per heavy atom. The van der Waals surface area contributed by atoms with E-state index in [4.69, 9.17) is 5.73 Å². The summed E-state index contributed by atoms with van der Waals surface area (Å²) in [4.78, 5) is 16.2. The lowest BCUT2D eigenvalue weighted by molar-refractivity contribution is -0.203. The maximum atomic E-state index is 12.3. The topological polar surface area (TPSA) is 95.9 Å². The molecule has 6 heteroatoms. The van der Waals surface area contributed by atoms with Crippen molar-refractivity contribution in [1.29, 1.82) is 0 Å². The van der Waals surface area contributed by atoms with E-state index in [1.165, 1.54) is 37.4 Å². The molecule has 0 saturated heterocycles. The first-order chi connectivity index (χ1) is 15.6. The molecule has 5 nitrogen and oxygen atoms in total. The first kappa shape index (κ1) is 24.1. The molecular formula is C27H44N2O3S. The molecule has 0 radical (unpaired) electrons. The largest absolute Gasteiger partial charge is 0.393 e. The molecule has 186 valence electrons. The summed E-state index contributed by atoms with van der Waals surface area (Å²) in [6.07, 6.45) is 9.14. The highest BCUT2D eigenvalue weighted by molar-refractivity contribution is 8.15. The van der Waals surface area contributed by atoms with Crippen LogP contribution in [-0.4, -0.2) is 38.7 Å². The lowest BCUT2D eigenvalue weighted by Gasteiger charge is -2.64. The number of hydrogen-bond donors (Lipinski definition) is 3. The number of carbonyl (C=O) groups excluding carboxylic acids is 1. The predicted molar refractivity (Wildman–Crippen MR) is 134 cm³/mol. The summed E-state index contributed by atoms with van der Waals surface area (Å²) in [5.41, 5.74) is 6.29. The minimum Gasteiger partial charge on any atom is -0.393 e. The summed E-state index contributed by atoms with van der Waals surface area (Å²) in [6, 6.07) is 0. The minimum absolute atomic E-state index is 0.0558. The highest BCUT2D eigenvalue weighted by atomic mass is 32.2. The minimum atomic E-state index is -0.248. The Kier molecular flexibility index (Phi) is 6.22. The van der Waals surface area contributed by atoms with Gasteiger partial charge in [0.15, 0.2) is 5.17 Å². The average Bonchev–Trinajstić information content (AvgIpc) is 3.27. The molecule has 4 N–H and O–H groups in total. The van der Waals surface area contributed by atoms with Crippen LogP contribution >= 0.6 is 11.8 Å². The Morgan fingerprint density at radius 3 is 2.45 bits per heavy atom. The van der Waals surface area contributed by atoms with Gasteiger partial charge in [0.1, 0.15) is 0 Å². The van der Waals surface area contributed by atoms with E-state index in [9.17, 15) is 15.0 Å². The number of amides is 1. The summed E-state index contributed by atoms with van der Waals surface area (Å²) in [6.45, 7) is 9.57. The molecule has 0 bridgehead atoms. The van der Waals surface area contributed by atoms with Crippen molar-refractivity contribution in [2.75, 3.05) is 0 Å². The number of aliphatic hydroxyl groups excluding tert-OH is 2. The highest BCUT2D eigenvalue weighted by Gasteiger charge is 2.65. The van der Waals surface area contributed by atoms with Crippen LogP contribution in [0, 0.1) is 52.3 Å². The van der Waals surface area contributed by atoms with Gasteiger partial charge in [-0.15, -0.1) is 0 Å². The number of rotatable bonds is 4.